The molecule has 0 radical (unpaired) electrons. The van der Waals surface area contributed by atoms with Gasteiger partial charge in [-0.1, -0.05) is 6.92 Å². The molecule has 0 aromatic carbocycles. The molecular formula is C14H15Br3N2S. The van der Waals surface area contributed by atoms with E-state index in [1.54, 1.807) is 11.3 Å². The number of hydrogen-bond donors (Lipinski definition) is 1. The van der Waals surface area contributed by atoms with Gasteiger partial charge in [0.15, 0.2) is 0 Å². The van der Waals surface area contributed by atoms with E-state index in [9.17, 15) is 0 Å². The minimum atomic E-state index is 0.278. The molecule has 0 bridgehead atoms. The minimum absolute atomic E-state index is 0.278. The van der Waals surface area contributed by atoms with E-state index in [-0.39, 0.29) is 6.04 Å². The van der Waals surface area contributed by atoms with Gasteiger partial charge >= 0.3 is 0 Å². The van der Waals surface area contributed by atoms with Crippen LogP contribution in [0.5, 0.6) is 0 Å². The summed E-state index contributed by atoms with van der Waals surface area (Å²) in [7, 11) is 0. The predicted molar refractivity (Wildman–Crippen MR) is 96.4 cm³/mol. The van der Waals surface area contributed by atoms with Crippen molar-refractivity contribution in [3.8, 4) is 0 Å². The zero-order valence-electron chi connectivity index (χ0n) is 11.0. The minimum Gasteiger partial charge on any atom is -0.310 e. The van der Waals surface area contributed by atoms with Crippen LogP contribution in [0.4, 0.5) is 0 Å². The van der Waals surface area contributed by atoms with Gasteiger partial charge in [-0.05, 0) is 84.5 Å². The molecule has 2 aromatic rings. The first kappa shape index (κ1) is 16.6. The highest BCUT2D eigenvalue weighted by molar-refractivity contribution is 9.12. The van der Waals surface area contributed by atoms with Crippen molar-refractivity contribution in [1.29, 1.82) is 0 Å². The third-order valence-corrected chi connectivity index (χ3v) is 5.76. The summed E-state index contributed by atoms with van der Waals surface area (Å²) in [5.74, 6) is 0. The number of nitrogens with zero attached hydrogens (tertiary/aromatic N) is 1. The number of aromatic nitrogens is 1. The SMILES string of the molecule is CCCNC(Cc1ccc(Br)cn1)c1cc(Br)sc1Br. The van der Waals surface area contributed by atoms with Crippen LogP contribution in [-0.4, -0.2) is 11.5 Å². The Labute approximate surface area is 148 Å². The Hall–Kier alpha value is 0.250. The van der Waals surface area contributed by atoms with Crippen molar-refractivity contribution < 1.29 is 0 Å². The first-order chi connectivity index (χ1) is 9.60. The third-order valence-electron chi connectivity index (χ3n) is 2.90. The summed E-state index contributed by atoms with van der Waals surface area (Å²) in [6, 6.07) is 6.57. The highest BCUT2D eigenvalue weighted by Crippen LogP contribution is 2.36. The molecule has 2 nitrogen and oxygen atoms in total. The van der Waals surface area contributed by atoms with E-state index in [2.05, 4.69) is 77.1 Å². The summed E-state index contributed by atoms with van der Waals surface area (Å²) in [6.45, 7) is 3.18. The summed E-state index contributed by atoms with van der Waals surface area (Å²) in [5.41, 5.74) is 2.39. The van der Waals surface area contributed by atoms with Crippen LogP contribution < -0.4 is 5.32 Å². The van der Waals surface area contributed by atoms with Crippen LogP contribution in [0.25, 0.3) is 0 Å². The molecule has 0 aliphatic rings. The van der Waals surface area contributed by atoms with Gasteiger partial charge in [-0.3, -0.25) is 4.98 Å². The first-order valence-corrected chi connectivity index (χ1v) is 9.58. The monoisotopic (exact) mass is 480 g/mol. The van der Waals surface area contributed by atoms with Crippen LogP contribution in [-0.2, 0) is 6.42 Å². The van der Waals surface area contributed by atoms with Crippen LogP contribution in [0.15, 0.2) is 36.4 Å². The molecule has 0 spiro atoms. The number of hydrogen-bond acceptors (Lipinski definition) is 3. The number of thiophene rings is 1. The lowest BCUT2D eigenvalue weighted by atomic mass is 10.0. The van der Waals surface area contributed by atoms with Crippen molar-refractivity contribution >= 4 is 59.1 Å². The van der Waals surface area contributed by atoms with Gasteiger partial charge in [-0.2, -0.15) is 0 Å². The molecule has 2 rings (SSSR count). The Morgan fingerprint density at radius 1 is 1.30 bits per heavy atom. The molecule has 0 aliphatic heterocycles. The number of pyridine rings is 1. The Bertz CT molecular complexity index is 554. The standard InChI is InChI=1S/C14H15Br3N2S/c1-2-5-18-12(11-7-13(16)20-14(11)17)6-10-4-3-9(15)8-19-10/h3-4,7-8,12,18H,2,5-6H2,1H3. The fraction of sp³-hybridized carbons (Fsp3) is 0.357. The smallest absolute Gasteiger partial charge is 0.0758 e. The number of nitrogens with one attached hydrogen (secondary N) is 1. The van der Waals surface area contributed by atoms with E-state index >= 15 is 0 Å². The molecule has 0 saturated carbocycles. The molecule has 108 valence electrons. The average molecular weight is 483 g/mol. The summed E-state index contributed by atoms with van der Waals surface area (Å²) in [6.07, 6.45) is 3.85. The molecule has 1 atom stereocenters. The Balaban J connectivity index is 2.19. The maximum atomic E-state index is 4.48. The lowest BCUT2D eigenvalue weighted by Gasteiger charge is -2.18. The molecule has 20 heavy (non-hydrogen) atoms. The van der Waals surface area contributed by atoms with Gasteiger partial charge in [0, 0.05) is 28.8 Å². The average Bonchev–Trinajstić information content (AvgIpc) is 2.76. The van der Waals surface area contributed by atoms with Crippen LogP contribution in [0.1, 0.15) is 30.6 Å². The fourth-order valence-corrected chi connectivity index (χ4v) is 5.15. The van der Waals surface area contributed by atoms with E-state index in [1.165, 1.54) is 9.35 Å². The normalized spacial score (nSPS) is 12.6. The molecule has 0 saturated heterocycles. The van der Waals surface area contributed by atoms with Gasteiger partial charge in [0.05, 0.1) is 7.57 Å². The van der Waals surface area contributed by atoms with Crippen molar-refractivity contribution in [2.75, 3.05) is 6.54 Å². The lowest BCUT2D eigenvalue weighted by molar-refractivity contribution is 0.524. The van der Waals surface area contributed by atoms with Crippen molar-refractivity contribution in [2.24, 2.45) is 0 Å². The van der Waals surface area contributed by atoms with E-state index in [1.807, 2.05) is 12.3 Å². The highest BCUT2D eigenvalue weighted by Gasteiger charge is 2.17. The second-order valence-corrected chi connectivity index (χ2v) is 9.12. The van der Waals surface area contributed by atoms with Crippen LogP contribution in [0.3, 0.4) is 0 Å². The highest BCUT2D eigenvalue weighted by atomic mass is 79.9. The topological polar surface area (TPSA) is 24.9 Å². The lowest BCUT2D eigenvalue weighted by Crippen LogP contribution is -2.24. The summed E-state index contributed by atoms with van der Waals surface area (Å²) >= 11 is 12.3. The molecule has 6 heteroatoms. The predicted octanol–water partition coefficient (Wildman–Crippen LogP) is 5.71. The molecule has 0 fully saturated rings. The molecule has 2 aromatic heterocycles. The number of rotatable bonds is 6. The summed E-state index contributed by atoms with van der Waals surface area (Å²) < 4.78 is 3.33. The second kappa shape index (κ2) is 8.03. The van der Waals surface area contributed by atoms with Gasteiger partial charge in [-0.25, -0.2) is 0 Å². The molecule has 0 amide bonds. The second-order valence-electron chi connectivity index (χ2n) is 4.46. The van der Waals surface area contributed by atoms with Crippen molar-refractivity contribution in [3.05, 3.63) is 47.7 Å². The summed E-state index contributed by atoms with van der Waals surface area (Å²) in [5, 5.41) is 3.61. The molecule has 2 heterocycles. The zero-order valence-corrected chi connectivity index (χ0v) is 16.6. The van der Waals surface area contributed by atoms with Crippen molar-refractivity contribution in [2.45, 2.75) is 25.8 Å². The van der Waals surface area contributed by atoms with E-state index in [4.69, 9.17) is 0 Å². The van der Waals surface area contributed by atoms with Gasteiger partial charge in [-0.15, -0.1) is 11.3 Å². The third kappa shape index (κ3) is 4.63. The van der Waals surface area contributed by atoms with Gasteiger partial charge < -0.3 is 5.32 Å². The quantitative estimate of drug-likeness (QED) is 0.570. The van der Waals surface area contributed by atoms with Gasteiger partial charge in [0.25, 0.3) is 0 Å². The maximum Gasteiger partial charge on any atom is 0.0758 e. The summed E-state index contributed by atoms with van der Waals surface area (Å²) in [4.78, 5) is 4.48. The largest absolute Gasteiger partial charge is 0.310 e. The van der Waals surface area contributed by atoms with Crippen LogP contribution >= 0.6 is 59.1 Å². The number of halogens is 3. The van der Waals surface area contributed by atoms with Crippen molar-refractivity contribution in [1.82, 2.24) is 10.3 Å². The molecular weight excluding hydrogens is 468 g/mol. The van der Waals surface area contributed by atoms with Crippen LogP contribution in [0, 0.1) is 0 Å². The fourth-order valence-electron chi connectivity index (χ4n) is 1.94. The van der Waals surface area contributed by atoms with E-state index in [0.29, 0.717) is 0 Å². The van der Waals surface area contributed by atoms with Crippen LogP contribution in [0.2, 0.25) is 0 Å². The molecule has 0 aliphatic carbocycles. The zero-order chi connectivity index (χ0) is 14.5. The Kier molecular flexibility index (Phi) is 6.68. The molecule has 1 unspecified atom stereocenters. The Morgan fingerprint density at radius 2 is 2.10 bits per heavy atom. The first-order valence-electron chi connectivity index (χ1n) is 6.38. The maximum absolute atomic E-state index is 4.48. The molecule has 1 N–H and O–H groups in total. The van der Waals surface area contributed by atoms with E-state index in [0.717, 1.165) is 33.3 Å². The van der Waals surface area contributed by atoms with Gasteiger partial charge in [0.2, 0.25) is 0 Å². The van der Waals surface area contributed by atoms with E-state index < -0.39 is 0 Å². The Morgan fingerprint density at radius 3 is 2.65 bits per heavy atom. The van der Waals surface area contributed by atoms with Crippen molar-refractivity contribution in [3.63, 3.8) is 0 Å². The van der Waals surface area contributed by atoms with Gasteiger partial charge in [0.1, 0.15) is 0 Å².